The van der Waals surface area contributed by atoms with Crippen LogP contribution in [0.3, 0.4) is 0 Å². The van der Waals surface area contributed by atoms with E-state index in [1.54, 1.807) is 13.0 Å². The Morgan fingerprint density at radius 3 is 2.32 bits per heavy atom. The molecule has 0 bridgehead atoms. The highest BCUT2D eigenvalue weighted by atomic mass is 35.5. The smallest absolute Gasteiger partial charge is 0.161 e. The minimum absolute atomic E-state index is 0.0493. The van der Waals surface area contributed by atoms with Crippen molar-refractivity contribution < 1.29 is 4.79 Å². The van der Waals surface area contributed by atoms with Gasteiger partial charge in [-0.15, -0.1) is 0 Å². The fraction of sp³-hybridized carbons (Fsp3) is 0.188. The van der Waals surface area contributed by atoms with Crippen LogP contribution in [0.15, 0.2) is 54.6 Å². The van der Waals surface area contributed by atoms with Crippen molar-refractivity contribution in [3.63, 3.8) is 0 Å². The average Bonchev–Trinajstić information content (AvgIpc) is 2.42. The van der Waals surface area contributed by atoms with E-state index >= 15 is 0 Å². The molecule has 0 aromatic heterocycles. The standard InChI is InChI=1S/C16H16ClNO/c1-16(18,13-8-3-2-4-9-13)15(19)11-12-7-5-6-10-14(12)17/h2-10H,11,18H2,1H3. The zero-order valence-electron chi connectivity index (χ0n) is 10.8. The lowest BCUT2D eigenvalue weighted by molar-refractivity contribution is -0.123. The van der Waals surface area contributed by atoms with Gasteiger partial charge < -0.3 is 5.73 Å². The third-order valence-corrected chi connectivity index (χ3v) is 3.63. The van der Waals surface area contributed by atoms with Gasteiger partial charge in [0.05, 0.1) is 5.54 Å². The molecule has 2 aromatic rings. The van der Waals surface area contributed by atoms with Gasteiger partial charge in [-0.1, -0.05) is 60.1 Å². The van der Waals surface area contributed by atoms with Crippen LogP contribution in [0, 0.1) is 0 Å². The first-order chi connectivity index (χ1) is 9.01. The number of Topliss-reactive ketones (excluding diaryl/α,β-unsaturated/α-hetero) is 1. The Morgan fingerprint density at radius 1 is 1.11 bits per heavy atom. The van der Waals surface area contributed by atoms with Crippen molar-refractivity contribution in [3.8, 4) is 0 Å². The molecule has 19 heavy (non-hydrogen) atoms. The van der Waals surface area contributed by atoms with Crippen molar-refractivity contribution in [1.29, 1.82) is 0 Å². The Kier molecular flexibility index (Phi) is 4.03. The first-order valence-electron chi connectivity index (χ1n) is 6.13. The summed E-state index contributed by atoms with van der Waals surface area (Å²) in [6, 6.07) is 16.7. The highest BCUT2D eigenvalue weighted by molar-refractivity contribution is 6.31. The molecule has 2 rings (SSSR count). The van der Waals surface area contributed by atoms with Crippen LogP contribution in [0.5, 0.6) is 0 Å². The van der Waals surface area contributed by atoms with E-state index in [1.807, 2.05) is 48.5 Å². The number of hydrogen-bond acceptors (Lipinski definition) is 2. The van der Waals surface area contributed by atoms with Crippen LogP contribution in [0.25, 0.3) is 0 Å². The number of hydrogen-bond donors (Lipinski definition) is 1. The second kappa shape index (κ2) is 5.55. The van der Waals surface area contributed by atoms with E-state index < -0.39 is 5.54 Å². The summed E-state index contributed by atoms with van der Waals surface area (Å²) in [4.78, 5) is 12.4. The molecule has 0 aliphatic heterocycles. The van der Waals surface area contributed by atoms with Gasteiger partial charge in [0, 0.05) is 11.4 Å². The molecule has 0 heterocycles. The topological polar surface area (TPSA) is 43.1 Å². The lowest BCUT2D eigenvalue weighted by Gasteiger charge is -2.24. The van der Waals surface area contributed by atoms with Crippen LogP contribution in [0.2, 0.25) is 5.02 Å². The zero-order chi connectivity index (χ0) is 13.9. The quantitative estimate of drug-likeness (QED) is 0.929. The number of halogens is 1. The summed E-state index contributed by atoms with van der Waals surface area (Å²) >= 11 is 6.07. The molecular formula is C16H16ClNO. The first-order valence-corrected chi connectivity index (χ1v) is 6.50. The number of benzene rings is 2. The summed E-state index contributed by atoms with van der Waals surface area (Å²) in [5.74, 6) is -0.0493. The largest absolute Gasteiger partial charge is 0.315 e. The van der Waals surface area contributed by atoms with E-state index in [1.165, 1.54) is 0 Å². The highest BCUT2D eigenvalue weighted by Crippen LogP contribution is 2.23. The van der Waals surface area contributed by atoms with Crippen molar-refractivity contribution in [3.05, 3.63) is 70.7 Å². The van der Waals surface area contributed by atoms with Crippen LogP contribution in [0.1, 0.15) is 18.1 Å². The second-order valence-corrected chi connectivity index (χ2v) is 5.17. The normalized spacial score (nSPS) is 13.8. The van der Waals surface area contributed by atoms with Crippen LogP contribution in [-0.2, 0) is 16.8 Å². The number of nitrogens with two attached hydrogens (primary N) is 1. The molecule has 2 aromatic carbocycles. The van der Waals surface area contributed by atoms with Gasteiger partial charge in [-0.2, -0.15) is 0 Å². The molecule has 0 aliphatic rings. The van der Waals surface area contributed by atoms with E-state index in [9.17, 15) is 4.79 Å². The van der Waals surface area contributed by atoms with Crippen molar-refractivity contribution in [2.75, 3.05) is 0 Å². The van der Waals surface area contributed by atoms with Crippen LogP contribution in [-0.4, -0.2) is 5.78 Å². The van der Waals surface area contributed by atoms with Crippen molar-refractivity contribution in [1.82, 2.24) is 0 Å². The molecule has 0 amide bonds. The van der Waals surface area contributed by atoms with Gasteiger partial charge in [-0.3, -0.25) is 4.79 Å². The van der Waals surface area contributed by atoms with Gasteiger partial charge in [0.15, 0.2) is 5.78 Å². The van der Waals surface area contributed by atoms with E-state index in [0.717, 1.165) is 11.1 Å². The SMILES string of the molecule is CC(N)(C(=O)Cc1ccccc1Cl)c1ccccc1. The van der Waals surface area contributed by atoms with E-state index in [-0.39, 0.29) is 12.2 Å². The highest BCUT2D eigenvalue weighted by Gasteiger charge is 2.30. The second-order valence-electron chi connectivity index (χ2n) is 4.76. The number of carbonyl (C=O) groups is 1. The molecule has 2 N–H and O–H groups in total. The third-order valence-electron chi connectivity index (χ3n) is 3.26. The van der Waals surface area contributed by atoms with Gasteiger partial charge in [0.2, 0.25) is 0 Å². The van der Waals surface area contributed by atoms with Crippen LogP contribution >= 0.6 is 11.6 Å². The van der Waals surface area contributed by atoms with Crippen LogP contribution in [0.4, 0.5) is 0 Å². The molecule has 0 fully saturated rings. The van der Waals surface area contributed by atoms with E-state index in [2.05, 4.69) is 0 Å². The summed E-state index contributed by atoms with van der Waals surface area (Å²) in [5.41, 5.74) is 6.81. The number of rotatable bonds is 4. The van der Waals surface area contributed by atoms with Gasteiger partial charge >= 0.3 is 0 Å². The minimum atomic E-state index is -1.000. The Hall–Kier alpha value is -1.64. The summed E-state index contributed by atoms with van der Waals surface area (Å²) < 4.78 is 0. The van der Waals surface area contributed by atoms with Crippen molar-refractivity contribution in [2.24, 2.45) is 5.73 Å². The average molecular weight is 274 g/mol. The van der Waals surface area contributed by atoms with Gasteiger partial charge in [0.1, 0.15) is 0 Å². The summed E-state index contributed by atoms with van der Waals surface area (Å²) in [6.45, 7) is 1.74. The summed E-state index contributed by atoms with van der Waals surface area (Å²) in [7, 11) is 0. The first kappa shape index (κ1) is 13.8. The predicted molar refractivity (Wildman–Crippen MR) is 78.1 cm³/mol. The molecule has 0 radical (unpaired) electrons. The number of carbonyl (C=O) groups excluding carboxylic acids is 1. The molecule has 98 valence electrons. The van der Waals surface area contributed by atoms with Gasteiger partial charge in [0.25, 0.3) is 0 Å². The predicted octanol–water partition coefficient (Wildman–Crippen LogP) is 3.33. The maximum Gasteiger partial charge on any atom is 0.161 e. The maximum atomic E-state index is 12.4. The lowest BCUT2D eigenvalue weighted by atomic mass is 9.86. The molecule has 0 spiro atoms. The summed E-state index contributed by atoms with van der Waals surface area (Å²) in [5, 5.41) is 0.597. The summed E-state index contributed by atoms with van der Waals surface area (Å²) in [6.07, 6.45) is 0.238. The number of ketones is 1. The Balaban J connectivity index is 2.23. The molecule has 0 aliphatic carbocycles. The van der Waals surface area contributed by atoms with E-state index in [4.69, 9.17) is 17.3 Å². The van der Waals surface area contributed by atoms with E-state index in [0.29, 0.717) is 5.02 Å². The van der Waals surface area contributed by atoms with Crippen LogP contribution < -0.4 is 5.73 Å². The van der Waals surface area contributed by atoms with Gasteiger partial charge in [-0.05, 0) is 24.1 Å². The Morgan fingerprint density at radius 2 is 1.68 bits per heavy atom. The Labute approximate surface area is 118 Å². The third kappa shape index (κ3) is 3.03. The fourth-order valence-corrected chi connectivity index (χ4v) is 2.15. The Bertz CT molecular complexity index is 578. The molecular weight excluding hydrogens is 258 g/mol. The molecule has 3 heteroatoms. The molecule has 0 saturated carbocycles. The zero-order valence-corrected chi connectivity index (χ0v) is 11.5. The van der Waals surface area contributed by atoms with Gasteiger partial charge in [-0.25, -0.2) is 0 Å². The maximum absolute atomic E-state index is 12.4. The van der Waals surface area contributed by atoms with Crippen molar-refractivity contribution >= 4 is 17.4 Å². The minimum Gasteiger partial charge on any atom is -0.315 e. The lowest BCUT2D eigenvalue weighted by Crippen LogP contribution is -2.42. The monoisotopic (exact) mass is 273 g/mol. The molecule has 1 unspecified atom stereocenters. The molecule has 0 saturated heterocycles. The fourth-order valence-electron chi connectivity index (χ4n) is 1.94. The molecule has 1 atom stereocenters. The van der Waals surface area contributed by atoms with Crippen molar-refractivity contribution in [2.45, 2.75) is 18.9 Å². The molecule has 2 nitrogen and oxygen atoms in total.